The van der Waals surface area contributed by atoms with Gasteiger partial charge in [0.25, 0.3) is 0 Å². The van der Waals surface area contributed by atoms with Crippen LogP contribution in [0.1, 0.15) is 11.1 Å². The van der Waals surface area contributed by atoms with Gasteiger partial charge < -0.3 is 0 Å². The number of nitrogens with zero attached hydrogens (tertiary/aromatic N) is 2. The van der Waals surface area contributed by atoms with Crippen LogP contribution in [0.3, 0.4) is 0 Å². The Morgan fingerprint density at radius 2 is 1.94 bits per heavy atom. The molecule has 0 amide bonds. The van der Waals surface area contributed by atoms with Crippen molar-refractivity contribution in [2.24, 2.45) is 0 Å². The molecule has 0 bridgehead atoms. The summed E-state index contributed by atoms with van der Waals surface area (Å²) in [4.78, 5) is 0. The molecule has 6 heteroatoms. The number of aromatic nitrogens is 2. The molecule has 0 aliphatic heterocycles. The maximum atomic E-state index is 11.9. The third-order valence-electron chi connectivity index (χ3n) is 2.55. The highest BCUT2D eigenvalue weighted by molar-refractivity contribution is 7.91. The normalized spacial score (nSPS) is 11.1. The standard InChI is InChI=1S/C12H11N3O2S/c13-9-11-3-1-10(2-4-11)6-8-18(16,17)12-5-7-14-15-12/h1-5,7H,6,8H2,(H,14,15). The average Bonchev–Trinajstić information content (AvgIpc) is 2.92. The quantitative estimate of drug-likeness (QED) is 0.898. The summed E-state index contributed by atoms with van der Waals surface area (Å²) in [6.45, 7) is 0. The summed E-state index contributed by atoms with van der Waals surface area (Å²) in [5, 5.41) is 14.9. The van der Waals surface area contributed by atoms with Crippen LogP contribution in [0.5, 0.6) is 0 Å². The number of H-pyrrole nitrogens is 1. The van der Waals surface area contributed by atoms with E-state index in [2.05, 4.69) is 10.2 Å². The van der Waals surface area contributed by atoms with Crippen molar-refractivity contribution in [1.29, 1.82) is 5.26 Å². The van der Waals surface area contributed by atoms with Crippen LogP contribution in [0.4, 0.5) is 0 Å². The van der Waals surface area contributed by atoms with Crippen LogP contribution in [0, 0.1) is 11.3 Å². The molecule has 0 atom stereocenters. The zero-order valence-corrected chi connectivity index (χ0v) is 10.3. The van der Waals surface area contributed by atoms with Crippen LogP contribution in [0.25, 0.3) is 0 Å². The second-order valence-corrected chi connectivity index (χ2v) is 5.88. The van der Waals surface area contributed by atoms with Crippen molar-refractivity contribution >= 4 is 9.84 Å². The third kappa shape index (κ3) is 2.76. The lowest BCUT2D eigenvalue weighted by Gasteiger charge is -2.02. The van der Waals surface area contributed by atoms with Gasteiger partial charge in [0, 0.05) is 0 Å². The summed E-state index contributed by atoms with van der Waals surface area (Å²) in [5.74, 6) is 0.0150. The first kappa shape index (κ1) is 12.3. The fraction of sp³-hybridized carbons (Fsp3) is 0.167. The van der Waals surface area contributed by atoms with Crippen LogP contribution in [0.2, 0.25) is 0 Å². The average molecular weight is 261 g/mol. The molecule has 1 N–H and O–H groups in total. The number of hydrogen-bond acceptors (Lipinski definition) is 4. The molecule has 1 heterocycles. The highest BCUT2D eigenvalue weighted by atomic mass is 32.2. The number of hydrogen-bond donors (Lipinski definition) is 1. The molecular weight excluding hydrogens is 250 g/mol. The molecule has 2 rings (SSSR count). The Morgan fingerprint density at radius 3 is 2.50 bits per heavy atom. The van der Waals surface area contributed by atoms with Gasteiger partial charge in [0.05, 0.1) is 23.6 Å². The first-order chi connectivity index (χ1) is 8.62. The van der Waals surface area contributed by atoms with Crippen molar-refractivity contribution in [3.8, 4) is 6.07 Å². The van der Waals surface area contributed by atoms with Crippen molar-refractivity contribution < 1.29 is 8.42 Å². The molecule has 1 aromatic carbocycles. The molecular formula is C12H11N3O2S. The van der Waals surface area contributed by atoms with E-state index in [-0.39, 0.29) is 10.8 Å². The van der Waals surface area contributed by atoms with Gasteiger partial charge in [-0.1, -0.05) is 12.1 Å². The van der Waals surface area contributed by atoms with Crippen molar-refractivity contribution in [2.75, 3.05) is 5.75 Å². The van der Waals surface area contributed by atoms with Crippen LogP contribution in [0.15, 0.2) is 41.6 Å². The van der Waals surface area contributed by atoms with Gasteiger partial charge in [-0.3, -0.25) is 5.10 Å². The second-order valence-electron chi connectivity index (χ2n) is 3.80. The molecule has 0 aliphatic carbocycles. The molecule has 0 saturated carbocycles. The highest BCUT2D eigenvalue weighted by Crippen LogP contribution is 2.10. The van der Waals surface area contributed by atoms with Gasteiger partial charge in [-0.2, -0.15) is 10.4 Å². The lowest BCUT2D eigenvalue weighted by molar-refractivity contribution is 0.591. The van der Waals surface area contributed by atoms with Gasteiger partial charge in [0.2, 0.25) is 0 Å². The molecule has 0 aliphatic rings. The number of aryl methyl sites for hydroxylation is 1. The fourth-order valence-electron chi connectivity index (χ4n) is 1.52. The molecule has 18 heavy (non-hydrogen) atoms. The molecule has 0 radical (unpaired) electrons. The smallest absolute Gasteiger partial charge is 0.195 e. The maximum absolute atomic E-state index is 11.9. The Balaban J connectivity index is 2.06. The number of benzene rings is 1. The minimum atomic E-state index is -3.31. The number of nitriles is 1. The number of sulfone groups is 1. The maximum Gasteiger partial charge on any atom is 0.195 e. The van der Waals surface area contributed by atoms with Crippen LogP contribution < -0.4 is 0 Å². The lowest BCUT2D eigenvalue weighted by atomic mass is 10.1. The van der Waals surface area contributed by atoms with E-state index in [0.717, 1.165) is 5.56 Å². The molecule has 0 fully saturated rings. The molecule has 5 nitrogen and oxygen atoms in total. The fourth-order valence-corrected chi connectivity index (χ4v) is 2.71. The predicted octanol–water partition coefficient (Wildman–Crippen LogP) is 1.30. The van der Waals surface area contributed by atoms with Gasteiger partial charge in [0.15, 0.2) is 9.84 Å². The van der Waals surface area contributed by atoms with E-state index in [1.165, 1.54) is 12.3 Å². The van der Waals surface area contributed by atoms with Gasteiger partial charge in [-0.05, 0) is 30.2 Å². The van der Waals surface area contributed by atoms with E-state index in [1.807, 2.05) is 6.07 Å². The van der Waals surface area contributed by atoms with Gasteiger partial charge in [-0.15, -0.1) is 0 Å². The molecule has 2 aromatic rings. The van der Waals surface area contributed by atoms with Crippen molar-refractivity contribution in [3.05, 3.63) is 47.7 Å². The van der Waals surface area contributed by atoms with E-state index in [0.29, 0.717) is 12.0 Å². The minimum absolute atomic E-state index is 0.0150. The SMILES string of the molecule is N#Cc1ccc(CCS(=O)(=O)c2ccn[nH]2)cc1. The second kappa shape index (κ2) is 5.02. The van der Waals surface area contributed by atoms with Gasteiger partial charge in [-0.25, -0.2) is 8.42 Å². The lowest BCUT2D eigenvalue weighted by Crippen LogP contribution is -2.09. The zero-order valence-electron chi connectivity index (χ0n) is 9.50. The summed E-state index contributed by atoms with van der Waals surface area (Å²) in [6, 6.07) is 10.3. The molecule has 92 valence electrons. The topological polar surface area (TPSA) is 86.6 Å². The highest BCUT2D eigenvalue weighted by Gasteiger charge is 2.15. The van der Waals surface area contributed by atoms with Crippen molar-refractivity contribution in [3.63, 3.8) is 0 Å². The monoisotopic (exact) mass is 261 g/mol. The Kier molecular flexibility index (Phi) is 3.44. The predicted molar refractivity (Wildman–Crippen MR) is 65.5 cm³/mol. The number of nitrogens with one attached hydrogen (secondary N) is 1. The molecule has 0 unspecified atom stereocenters. The van der Waals surface area contributed by atoms with Crippen LogP contribution in [-0.4, -0.2) is 24.4 Å². The van der Waals surface area contributed by atoms with Crippen LogP contribution in [-0.2, 0) is 16.3 Å². The van der Waals surface area contributed by atoms with Crippen molar-refractivity contribution in [2.45, 2.75) is 11.4 Å². The molecule has 0 spiro atoms. The first-order valence-corrected chi connectivity index (χ1v) is 6.98. The van der Waals surface area contributed by atoms with E-state index < -0.39 is 9.84 Å². The third-order valence-corrected chi connectivity index (χ3v) is 4.19. The first-order valence-electron chi connectivity index (χ1n) is 5.33. The Bertz CT molecular complexity index is 652. The Labute approximate surface area is 105 Å². The Morgan fingerprint density at radius 1 is 1.22 bits per heavy atom. The largest absolute Gasteiger partial charge is 0.267 e. The minimum Gasteiger partial charge on any atom is -0.267 e. The summed E-state index contributed by atoms with van der Waals surface area (Å²) in [6.07, 6.45) is 1.82. The van der Waals surface area contributed by atoms with Gasteiger partial charge >= 0.3 is 0 Å². The van der Waals surface area contributed by atoms with Crippen LogP contribution >= 0.6 is 0 Å². The van der Waals surface area contributed by atoms with E-state index in [9.17, 15) is 8.42 Å². The van der Waals surface area contributed by atoms with E-state index >= 15 is 0 Å². The summed E-state index contributed by atoms with van der Waals surface area (Å²) in [5.41, 5.74) is 1.45. The summed E-state index contributed by atoms with van der Waals surface area (Å²) in [7, 11) is -3.31. The Hall–Kier alpha value is -2.13. The van der Waals surface area contributed by atoms with Gasteiger partial charge in [0.1, 0.15) is 5.03 Å². The number of aromatic amines is 1. The summed E-state index contributed by atoms with van der Waals surface area (Å²) < 4.78 is 23.7. The van der Waals surface area contributed by atoms with E-state index in [1.54, 1.807) is 24.3 Å². The number of rotatable bonds is 4. The van der Waals surface area contributed by atoms with Crippen molar-refractivity contribution in [1.82, 2.24) is 10.2 Å². The summed E-state index contributed by atoms with van der Waals surface area (Å²) >= 11 is 0. The molecule has 1 aromatic heterocycles. The van der Waals surface area contributed by atoms with E-state index in [4.69, 9.17) is 5.26 Å². The zero-order chi connectivity index (χ0) is 13.0. The molecule has 0 saturated heterocycles.